The monoisotopic (exact) mass is 239 g/mol. The fourth-order valence-electron chi connectivity index (χ4n) is 0.462. The Morgan fingerprint density at radius 2 is 2.17 bits per heavy atom. The first-order valence-electron chi connectivity index (χ1n) is 3.28. The first kappa shape index (κ1) is 11.4. The third-order valence-electron chi connectivity index (χ3n) is 1.12. The quantitative estimate of drug-likeness (QED) is 0.509. The first-order chi connectivity index (χ1) is 5.57. The molecule has 0 aromatic heterocycles. The zero-order valence-electron chi connectivity index (χ0n) is 6.33. The minimum absolute atomic E-state index is 0.0396. The lowest BCUT2D eigenvalue weighted by atomic mass is 10.2. The molecule has 0 spiro atoms. The van der Waals surface area contributed by atoms with Crippen LogP contribution in [0.4, 0.5) is 0 Å². The van der Waals surface area contributed by atoms with Crippen molar-refractivity contribution in [3.63, 3.8) is 0 Å². The van der Waals surface area contributed by atoms with Gasteiger partial charge in [-0.25, -0.2) is 0 Å². The summed E-state index contributed by atoms with van der Waals surface area (Å²) < 4.78 is 4.58. The maximum absolute atomic E-state index is 10.5. The topological polar surface area (TPSA) is 89.6 Å². The lowest BCUT2D eigenvalue weighted by Gasteiger charge is -2.05. The number of carbonyl (C=O) groups is 2. The van der Waals surface area contributed by atoms with E-state index in [1.165, 1.54) is 0 Å². The number of esters is 1. The van der Waals surface area contributed by atoms with Gasteiger partial charge in [-0.05, 0) is 0 Å². The maximum Gasteiger partial charge on any atom is 0.320 e. The summed E-state index contributed by atoms with van der Waals surface area (Å²) in [6.07, 6.45) is 0.133. The molecule has 0 heterocycles. The number of hydrogen-bond acceptors (Lipinski definition) is 4. The molecule has 0 radical (unpaired) electrons. The summed E-state index contributed by atoms with van der Waals surface area (Å²) in [5.41, 5.74) is 5.14. The fourth-order valence-corrected chi connectivity index (χ4v) is 0.624. The van der Waals surface area contributed by atoms with Gasteiger partial charge in [0, 0.05) is 6.42 Å². The second kappa shape index (κ2) is 5.96. The number of hydrogen-bond donors (Lipinski definition) is 2. The average Bonchev–Trinajstić information content (AvgIpc) is 2.03. The van der Waals surface area contributed by atoms with Gasteiger partial charge in [0.25, 0.3) is 0 Å². The van der Waals surface area contributed by atoms with Crippen molar-refractivity contribution in [3.8, 4) is 0 Å². The molecule has 12 heavy (non-hydrogen) atoms. The molecule has 0 saturated carbocycles. The Morgan fingerprint density at radius 3 is 2.58 bits per heavy atom. The number of carboxylic acid groups (broad SMARTS) is 1. The Balaban J connectivity index is 3.43. The number of carbonyl (C=O) groups excluding carboxylic acids is 1. The molecular weight excluding hydrogens is 230 g/mol. The third-order valence-corrected chi connectivity index (χ3v) is 1.58. The highest BCUT2D eigenvalue weighted by molar-refractivity contribution is 9.09. The second-order valence-corrected chi connectivity index (χ2v) is 2.65. The average molecular weight is 240 g/mol. The molecule has 0 fully saturated rings. The number of nitrogens with two attached hydrogens (primary N) is 1. The van der Waals surface area contributed by atoms with Gasteiger partial charge in [0.05, 0.1) is 6.61 Å². The van der Waals surface area contributed by atoms with Crippen LogP contribution in [0.3, 0.4) is 0 Å². The van der Waals surface area contributed by atoms with E-state index in [4.69, 9.17) is 10.8 Å². The SMILES string of the molecule is NC(CCOC(=O)CBr)C(=O)O. The van der Waals surface area contributed by atoms with E-state index in [-0.39, 0.29) is 18.4 Å². The van der Waals surface area contributed by atoms with E-state index in [9.17, 15) is 9.59 Å². The highest BCUT2D eigenvalue weighted by atomic mass is 79.9. The highest BCUT2D eigenvalue weighted by Gasteiger charge is 2.11. The van der Waals surface area contributed by atoms with E-state index in [0.717, 1.165) is 0 Å². The summed E-state index contributed by atoms with van der Waals surface area (Å²) >= 11 is 2.89. The Bertz CT molecular complexity index is 173. The summed E-state index contributed by atoms with van der Waals surface area (Å²) in [6.45, 7) is 0.0396. The fraction of sp³-hybridized carbons (Fsp3) is 0.667. The normalized spacial score (nSPS) is 12.2. The smallest absolute Gasteiger partial charge is 0.320 e. The standard InChI is InChI=1S/C6H10BrNO4/c7-3-5(9)12-2-1-4(8)6(10)11/h4H,1-3,8H2,(H,10,11). The predicted octanol–water partition coefficient (Wildman–Crippen LogP) is -0.274. The molecule has 0 aliphatic heterocycles. The summed E-state index contributed by atoms with van der Waals surface area (Å²) in [4.78, 5) is 20.7. The van der Waals surface area contributed by atoms with Gasteiger partial charge in [0.1, 0.15) is 11.4 Å². The summed E-state index contributed by atoms with van der Waals surface area (Å²) in [6, 6.07) is -0.965. The van der Waals surface area contributed by atoms with Crippen LogP contribution in [0.25, 0.3) is 0 Å². The van der Waals surface area contributed by atoms with E-state index in [0.29, 0.717) is 0 Å². The van der Waals surface area contributed by atoms with E-state index < -0.39 is 18.0 Å². The van der Waals surface area contributed by atoms with E-state index >= 15 is 0 Å². The summed E-state index contributed by atoms with van der Waals surface area (Å²) in [5, 5.41) is 8.44. The van der Waals surface area contributed by atoms with Gasteiger partial charge >= 0.3 is 11.9 Å². The first-order valence-corrected chi connectivity index (χ1v) is 4.40. The molecule has 0 saturated heterocycles. The predicted molar refractivity (Wildman–Crippen MR) is 45.0 cm³/mol. The van der Waals surface area contributed by atoms with Gasteiger partial charge in [-0.15, -0.1) is 0 Å². The van der Waals surface area contributed by atoms with Crippen molar-refractivity contribution in [2.24, 2.45) is 5.73 Å². The molecule has 0 aromatic carbocycles. The van der Waals surface area contributed by atoms with Crippen molar-refractivity contribution in [1.82, 2.24) is 0 Å². The molecule has 0 amide bonds. The number of ether oxygens (including phenoxy) is 1. The van der Waals surface area contributed by atoms with Crippen LogP contribution in [-0.4, -0.2) is 35.0 Å². The number of aliphatic carboxylic acids is 1. The van der Waals surface area contributed by atoms with E-state index in [2.05, 4.69) is 20.7 Å². The van der Waals surface area contributed by atoms with E-state index in [1.807, 2.05) is 0 Å². The lowest BCUT2D eigenvalue weighted by molar-refractivity contribution is -0.143. The second-order valence-electron chi connectivity index (χ2n) is 2.09. The highest BCUT2D eigenvalue weighted by Crippen LogP contribution is 1.92. The van der Waals surface area contributed by atoms with Gasteiger partial charge in [-0.1, -0.05) is 15.9 Å². The minimum atomic E-state index is -1.09. The van der Waals surface area contributed by atoms with Crippen LogP contribution >= 0.6 is 15.9 Å². The zero-order valence-corrected chi connectivity index (χ0v) is 7.91. The molecule has 70 valence electrons. The number of alkyl halides is 1. The van der Waals surface area contributed by atoms with Crippen molar-refractivity contribution >= 4 is 27.9 Å². The Hall–Kier alpha value is -0.620. The van der Waals surface area contributed by atoms with Crippen molar-refractivity contribution in [3.05, 3.63) is 0 Å². The molecule has 0 aliphatic rings. The van der Waals surface area contributed by atoms with Crippen LogP contribution < -0.4 is 5.73 Å². The van der Waals surface area contributed by atoms with Crippen LogP contribution in [0.15, 0.2) is 0 Å². The maximum atomic E-state index is 10.5. The molecule has 3 N–H and O–H groups in total. The van der Waals surface area contributed by atoms with Crippen LogP contribution in [0.1, 0.15) is 6.42 Å². The molecule has 6 heteroatoms. The van der Waals surface area contributed by atoms with Crippen LogP contribution in [-0.2, 0) is 14.3 Å². The Morgan fingerprint density at radius 1 is 1.58 bits per heavy atom. The summed E-state index contributed by atoms with van der Waals surface area (Å²) in [5.74, 6) is -1.52. The van der Waals surface area contributed by atoms with Crippen LogP contribution in [0, 0.1) is 0 Å². The molecule has 0 bridgehead atoms. The number of carboxylic acids is 1. The van der Waals surface area contributed by atoms with Gasteiger partial charge in [-0.2, -0.15) is 0 Å². The Labute approximate surface area is 78.0 Å². The van der Waals surface area contributed by atoms with Crippen molar-refractivity contribution < 1.29 is 19.4 Å². The van der Waals surface area contributed by atoms with Crippen molar-refractivity contribution in [2.75, 3.05) is 11.9 Å². The van der Waals surface area contributed by atoms with Gasteiger partial charge in [-0.3, -0.25) is 9.59 Å². The number of rotatable bonds is 5. The Kier molecular flexibility index (Phi) is 5.65. The van der Waals surface area contributed by atoms with Gasteiger partial charge in [0.2, 0.25) is 0 Å². The molecule has 1 atom stereocenters. The van der Waals surface area contributed by atoms with Crippen LogP contribution in [0.5, 0.6) is 0 Å². The third kappa shape index (κ3) is 5.09. The van der Waals surface area contributed by atoms with Gasteiger partial charge in [0.15, 0.2) is 0 Å². The molecule has 0 aliphatic carbocycles. The minimum Gasteiger partial charge on any atom is -0.480 e. The molecular formula is C6H10BrNO4. The molecule has 0 rings (SSSR count). The summed E-state index contributed by atoms with van der Waals surface area (Å²) in [7, 11) is 0. The number of halogens is 1. The van der Waals surface area contributed by atoms with E-state index in [1.54, 1.807) is 0 Å². The molecule has 1 unspecified atom stereocenters. The molecule has 5 nitrogen and oxygen atoms in total. The van der Waals surface area contributed by atoms with Crippen LogP contribution in [0.2, 0.25) is 0 Å². The van der Waals surface area contributed by atoms with Gasteiger partial charge < -0.3 is 15.6 Å². The zero-order chi connectivity index (χ0) is 9.56. The lowest BCUT2D eigenvalue weighted by Crippen LogP contribution is -2.31. The van der Waals surface area contributed by atoms with Crippen molar-refractivity contribution in [2.45, 2.75) is 12.5 Å². The largest absolute Gasteiger partial charge is 0.480 e. The molecule has 0 aromatic rings. The van der Waals surface area contributed by atoms with Crippen molar-refractivity contribution in [1.29, 1.82) is 0 Å².